The van der Waals surface area contributed by atoms with Crippen LogP contribution in [0.4, 0.5) is 0 Å². The van der Waals surface area contributed by atoms with E-state index in [1.165, 1.54) is 6.26 Å². The zero-order valence-electron chi connectivity index (χ0n) is 8.09. The normalized spacial score (nSPS) is 11.7. The zero-order valence-corrected chi connectivity index (χ0v) is 8.09. The second-order valence-corrected chi connectivity index (χ2v) is 2.30. The van der Waals surface area contributed by atoms with Crippen LogP contribution in [-0.2, 0) is 0 Å². The Bertz CT molecular complexity index is 246. The Balaban J connectivity index is 0.000000561. The number of hydrogen-bond acceptors (Lipinski definition) is 3. The molecule has 0 saturated heterocycles. The van der Waals surface area contributed by atoms with Crippen molar-refractivity contribution >= 4 is 0 Å². The van der Waals surface area contributed by atoms with Crippen LogP contribution in [-0.4, -0.2) is 0 Å². The Labute approximate surface area is 72.4 Å². The van der Waals surface area contributed by atoms with Crippen molar-refractivity contribution in [3.63, 3.8) is 0 Å². The van der Waals surface area contributed by atoms with E-state index in [4.69, 9.17) is 4.42 Å². The molecule has 0 aliphatic heterocycles. The van der Waals surface area contributed by atoms with E-state index in [0.717, 1.165) is 6.42 Å². The highest BCUT2D eigenvalue weighted by atomic mass is 16.6. The van der Waals surface area contributed by atoms with Crippen molar-refractivity contribution in [1.82, 2.24) is 0 Å². The van der Waals surface area contributed by atoms with E-state index < -0.39 is 5.82 Å². The standard InChI is InChI=1S/C7H10O3.C2H6/c1-3-5(2)6-4-9-7(8)10-6;1-2/h4-5H,3H2,1-2H3;1-2H3. The summed E-state index contributed by atoms with van der Waals surface area (Å²) in [5.74, 6) is 0.286. The monoisotopic (exact) mass is 172 g/mol. The first-order valence-corrected chi connectivity index (χ1v) is 4.32. The molecule has 0 aromatic carbocycles. The van der Waals surface area contributed by atoms with Crippen molar-refractivity contribution in [3.8, 4) is 0 Å². The lowest BCUT2D eigenvalue weighted by Gasteiger charge is -1.98. The van der Waals surface area contributed by atoms with Gasteiger partial charge in [0.05, 0.1) is 0 Å². The molecule has 1 unspecified atom stereocenters. The minimum atomic E-state index is -0.615. The first kappa shape index (κ1) is 11.0. The maximum Gasteiger partial charge on any atom is 0.518 e. The molecule has 0 amide bonds. The van der Waals surface area contributed by atoms with Gasteiger partial charge in [-0.2, -0.15) is 0 Å². The Kier molecular flexibility index (Phi) is 5.17. The molecular weight excluding hydrogens is 156 g/mol. The van der Waals surface area contributed by atoms with Crippen molar-refractivity contribution < 1.29 is 8.83 Å². The SMILES string of the molecule is CC.CCC(C)c1coc(=O)o1. The minimum absolute atomic E-state index is 0.270. The first-order chi connectivity index (χ1) is 5.74. The van der Waals surface area contributed by atoms with E-state index in [1.807, 2.05) is 27.7 Å². The van der Waals surface area contributed by atoms with Crippen molar-refractivity contribution in [1.29, 1.82) is 0 Å². The van der Waals surface area contributed by atoms with Crippen LogP contribution in [0, 0.1) is 0 Å². The van der Waals surface area contributed by atoms with E-state index in [2.05, 4.69) is 4.42 Å². The molecule has 1 heterocycles. The van der Waals surface area contributed by atoms with E-state index in [0.29, 0.717) is 5.76 Å². The van der Waals surface area contributed by atoms with Crippen molar-refractivity contribution in [2.45, 2.75) is 40.0 Å². The van der Waals surface area contributed by atoms with Gasteiger partial charge in [0.15, 0.2) is 0 Å². The summed E-state index contributed by atoms with van der Waals surface area (Å²) in [6.45, 7) is 8.01. The lowest BCUT2D eigenvalue weighted by atomic mass is 10.1. The maximum atomic E-state index is 10.4. The summed E-state index contributed by atoms with van der Waals surface area (Å²) in [4.78, 5) is 10.4. The quantitative estimate of drug-likeness (QED) is 0.688. The molecule has 0 aliphatic carbocycles. The third-order valence-electron chi connectivity index (χ3n) is 1.57. The summed E-state index contributed by atoms with van der Waals surface area (Å²) in [6, 6.07) is 0. The molecule has 70 valence electrons. The highest BCUT2D eigenvalue weighted by Gasteiger charge is 2.07. The molecule has 0 bridgehead atoms. The Morgan fingerprint density at radius 1 is 1.50 bits per heavy atom. The minimum Gasteiger partial charge on any atom is -0.399 e. The summed E-state index contributed by atoms with van der Waals surface area (Å²) >= 11 is 0. The Hall–Kier alpha value is -0.990. The number of rotatable bonds is 2. The third-order valence-corrected chi connectivity index (χ3v) is 1.57. The molecule has 3 heteroatoms. The van der Waals surface area contributed by atoms with Gasteiger partial charge < -0.3 is 8.83 Å². The highest BCUT2D eigenvalue weighted by Crippen LogP contribution is 2.15. The first-order valence-electron chi connectivity index (χ1n) is 4.32. The summed E-state index contributed by atoms with van der Waals surface area (Å²) in [6.07, 6.45) is 2.32. The van der Waals surface area contributed by atoms with Gasteiger partial charge in [0.1, 0.15) is 12.0 Å². The fraction of sp³-hybridized carbons (Fsp3) is 0.667. The molecule has 0 aliphatic rings. The van der Waals surface area contributed by atoms with Gasteiger partial charge in [-0.15, -0.1) is 0 Å². The third kappa shape index (κ3) is 2.95. The second-order valence-electron chi connectivity index (χ2n) is 2.30. The van der Waals surface area contributed by atoms with Gasteiger partial charge in [-0.1, -0.05) is 27.7 Å². The zero-order chi connectivity index (χ0) is 9.56. The molecule has 1 rings (SSSR count). The van der Waals surface area contributed by atoms with Crippen LogP contribution in [0.1, 0.15) is 45.8 Å². The van der Waals surface area contributed by atoms with Crippen molar-refractivity contribution in [2.75, 3.05) is 0 Å². The van der Waals surface area contributed by atoms with Gasteiger partial charge in [0.2, 0.25) is 0 Å². The van der Waals surface area contributed by atoms with Crippen LogP contribution >= 0.6 is 0 Å². The highest BCUT2D eigenvalue weighted by molar-refractivity contribution is 4.93. The van der Waals surface area contributed by atoms with Gasteiger partial charge in [0, 0.05) is 5.92 Å². The van der Waals surface area contributed by atoms with Crippen LogP contribution in [0.5, 0.6) is 0 Å². The maximum absolute atomic E-state index is 10.4. The lowest BCUT2D eigenvalue weighted by Crippen LogP contribution is -1.90. The molecule has 1 aromatic rings. The van der Waals surface area contributed by atoms with Crippen LogP contribution in [0.15, 0.2) is 19.9 Å². The molecule has 12 heavy (non-hydrogen) atoms. The van der Waals surface area contributed by atoms with Crippen LogP contribution < -0.4 is 5.82 Å². The molecule has 0 spiro atoms. The fourth-order valence-electron chi connectivity index (χ4n) is 0.668. The summed E-state index contributed by atoms with van der Waals surface area (Å²) in [5.41, 5.74) is 0. The predicted octanol–water partition coefficient (Wildman–Crippen LogP) is 2.77. The van der Waals surface area contributed by atoms with Crippen LogP contribution in [0.3, 0.4) is 0 Å². The van der Waals surface area contributed by atoms with Crippen molar-refractivity contribution in [3.05, 3.63) is 22.6 Å². The Morgan fingerprint density at radius 2 is 2.08 bits per heavy atom. The van der Waals surface area contributed by atoms with Gasteiger partial charge >= 0.3 is 5.82 Å². The molecule has 0 saturated carbocycles. The predicted molar refractivity (Wildman–Crippen MR) is 47.3 cm³/mol. The Morgan fingerprint density at radius 3 is 2.42 bits per heavy atom. The van der Waals surface area contributed by atoms with Gasteiger partial charge in [-0.3, -0.25) is 0 Å². The smallest absolute Gasteiger partial charge is 0.399 e. The van der Waals surface area contributed by atoms with Crippen LogP contribution in [0.25, 0.3) is 0 Å². The average molecular weight is 172 g/mol. The number of hydrogen-bond donors (Lipinski definition) is 0. The molecule has 1 aromatic heterocycles. The van der Waals surface area contributed by atoms with Gasteiger partial charge in [0.25, 0.3) is 0 Å². The van der Waals surface area contributed by atoms with Gasteiger partial charge in [-0.05, 0) is 6.42 Å². The molecule has 0 radical (unpaired) electrons. The van der Waals surface area contributed by atoms with E-state index in [9.17, 15) is 4.79 Å². The molecular formula is C9H16O3. The van der Waals surface area contributed by atoms with Crippen LogP contribution in [0.2, 0.25) is 0 Å². The van der Waals surface area contributed by atoms with E-state index in [-0.39, 0.29) is 5.92 Å². The largest absolute Gasteiger partial charge is 0.518 e. The van der Waals surface area contributed by atoms with Gasteiger partial charge in [-0.25, -0.2) is 4.79 Å². The molecule has 0 fully saturated rings. The lowest BCUT2D eigenvalue weighted by molar-refractivity contribution is 0.365. The molecule has 1 atom stereocenters. The second kappa shape index (κ2) is 5.63. The fourth-order valence-corrected chi connectivity index (χ4v) is 0.668. The molecule has 0 N–H and O–H groups in total. The average Bonchev–Trinajstić information content (AvgIpc) is 2.54. The molecule has 3 nitrogen and oxygen atoms in total. The summed E-state index contributed by atoms with van der Waals surface area (Å²) in [5, 5.41) is 0. The van der Waals surface area contributed by atoms with Crippen molar-refractivity contribution in [2.24, 2.45) is 0 Å². The summed E-state index contributed by atoms with van der Waals surface area (Å²) in [7, 11) is 0. The van der Waals surface area contributed by atoms with E-state index >= 15 is 0 Å². The van der Waals surface area contributed by atoms with E-state index in [1.54, 1.807) is 0 Å². The topological polar surface area (TPSA) is 43.4 Å². The summed E-state index contributed by atoms with van der Waals surface area (Å²) < 4.78 is 9.18.